The van der Waals surface area contributed by atoms with Gasteiger partial charge < -0.3 is 11.1 Å². The number of hydrogen-bond acceptors (Lipinski definition) is 3. The number of hydrogen-bond donors (Lipinski definition) is 2. The van der Waals surface area contributed by atoms with Crippen molar-refractivity contribution in [2.24, 2.45) is 5.73 Å². The third-order valence-corrected chi connectivity index (χ3v) is 4.44. The van der Waals surface area contributed by atoms with E-state index in [2.05, 4.69) is 10.4 Å². The third kappa shape index (κ3) is 3.09. The molecule has 1 heterocycles. The molecule has 0 saturated heterocycles. The second kappa shape index (κ2) is 6.48. The van der Waals surface area contributed by atoms with Gasteiger partial charge in [0.05, 0.1) is 23.1 Å². The van der Waals surface area contributed by atoms with E-state index >= 15 is 0 Å². The normalized spacial score (nSPS) is 13.4. The highest BCUT2D eigenvalue weighted by atomic mass is 16.2. The Bertz CT molecular complexity index is 957. The van der Waals surface area contributed by atoms with Gasteiger partial charge in [-0.15, -0.1) is 0 Å². The van der Waals surface area contributed by atoms with Gasteiger partial charge >= 0.3 is 0 Å². The predicted molar refractivity (Wildman–Crippen MR) is 98.5 cm³/mol. The maximum absolute atomic E-state index is 12.8. The molecule has 1 aromatic heterocycles. The Balaban J connectivity index is 1.62. The number of nitrogens with two attached hydrogens (primary N) is 1. The van der Waals surface area contributed by atoms with Crippen LogP contribution < -0.4 is 11.1 Å². The van der Waals surface area contributed by atoms with Crippen LogP contribution in [0.4, 0.5) is 5.69 Å². The van der Waals surface area contributed by atoms with E-state index < -0.39 is 5.91 Å². The minimum absolute atomic E-state index is 0.207. The first-order chi connectivity index (χ1) is 12.6. The van der Waals surface area contributed by atoms with Gasteiger partial charge in [-0.3, -0.25) is 9.59 Å². The van der Waals surface area contributed by atoms with E-state index in [1.807, 2.05) is 35.0 Å². The van der Waals surface area contributed by atoms with E-state index in [9.17, 15) is 9.59 Å². The molecule has 0 atom stereocenters. The molecule has 26 heavy (non-hydrogen) atoms. The summed E-state index contributed by atoms with van der Waals surface area (Å²) in [6.45, 7) is 0. The molecule has 0 bridgehead atoms. The lowest BCUT2D eigenvalue weighted by molar-refractivity contribution is 0.0998. The second-order valence-corrected chi connectivity index (χ2v) is 6.36. The van der Waals surface area contributed by atoms with Gasteiger partial charge in [0.25, 0.3) is 5.91 Å². The van der Waals surface area contributed by atoms with E-state index in [1.54, 1.807) is 30.5 Å². The Morgan fingerprint density at radius 2 is 1.73 bits per heavy atom. The SMILES string of the molecule is NC(=O)c1ccc(NC(=O)c2cnn(-c3ccccc3)c2C2CC2)cc1. The van der Waals surface area contributed by atoms with Crippen LogP contribution in [0.5, 0.6) is 0 Å². The summed E-state index contributed by atoms with van der Waals surface area (Å²) in [6.07, 6.45) is 3.74. The zero-order valence-electron chi connectivity index (χ0n) is 14.1. The molecule has 0 radical (unpaired) electrons. The first-order valence-electron chi connectivity index (χ1n) is 8.48. The number of nitrogens with one attached hydrogen (secondary N) is 1. The van der Waals surface area contributed by atoms with Crippen molar-refractivity contribution in [2.75, 3.05) is 5.32 Å². The molecular weight excluding hydrogens is 328 g/mol. The van der Waals surface area contributed by atoms with Gasteiger partial charge in [-0.25, -0.2) is 4.68 Å². The standard InChI is InChI=1S/C20H18N4O2/c21-19(25)14-8-10-15(11-9-14)23-20(26)17-12-22-24(18(17)13-6-7-13)16-4-2-1-3-5-16/h1-5,8-13H,6-7H2,(H2,21,25)(H,23,26). The molecule has 3 N–H and O–H groups in total. The fraction of sp³-hybridized carbons (Fsp3) is 0.150. The smallest absolute Gasteiger partial charge is 0.259 e. The second-order valence-electron chi connectivity index (χ2n) is 6.36. The average Bonchev–Trinajstić information content (AvgIpc) is 3.40. The monoisotopic (exact) mass is 346 g/mol. The summed E-state index contributed by atoms with van der Waals surface area (Å²) in [6, 6.07) is 16.3. The fourth-order valence-corrected chi connectivity index (χ4v) is 2.97. The highest BCUT2D eigenvalue weighted by Crippen LogP contribution is 2.42. The molecule has 130 valence electrons. The Labute approximate surface area is 150 Å². The average molecular weight is 346 g/mol. The fourth-order valence-electron chi connectivity index (χ4n) is 2.97. The first-order valence-corrected chi connectivity index (χ1v) is 8.48. The number of para-hydroxylation sites is 1. The number of aromatic nitrogens is 2. The molecule has 4 rings (SSSR count). The predicted octanol–water partition coefficient (Wildman–Crippen LogP) is 3.10. The number of anilines is 1. The van der Waals surface area contributed by atoms with E-state index in [-0.39, 0.29) is 5.91 Å². The number of amides is 2. The van der Waals surface area contributed by atoms with Crippen LogP contribution in [0.1, 0.15) is 45.2 Å². The van der Waals surface area contributed by atoms with Crippen LogP contribution in [0.2, 0.25) is 0 Å². The highest BCUT2D eigenvalue weighted by Gasteiger charge is 2.32. The third-order valence-electron chi connectivity index (χ3n) is 4.44. The van der Waals surface area contributed by atoms with Crippen molar-refractivity contribution >= 4 is 17.5 Å². The van der Waals surface area contributed by atoms with Gasteiger partial charge in [-0.1, -0.05) is 18.2 Å². The van der Waals surface area contributed by atoms with Crippen molar-refractivity contribution in [1.29, 1.82) is 0 Å². The Morgan fingerprint density at radius 3 is 2.35 bits per heavy atom. The molecule has 0 aliphatic heterocycles. The summed E-state index contributed by atoms with van der Waals surface area (Å²) in [5.41, 5.74) is 8.71. The van der Waals surface area contributed by atoms with Crippen LogP contribution in [0.25, 0.3) is 5.69 Å². The van der Waals surface area contributed by atoms with Gasteiger partial charge in [0.2, 0.25) is 5.91 Å². The molecule has 2 amide bonds. The van der Waals surface area contributed by atoms with Gasteiger partial charge in [-0.2, -0.15) is 5.10 Å². The molecule has 3 aromatic rings. The van der Waals surface area contributed by atoms with Crippen LogP contribution in [0, 0.1) is 0 Å². The summed E-state index contributed by atoms with van der Waals surface area (Å²) in [4.78, 5) is 23.9. The molecule has 1 fully saturated rings. The van der Waals surface area contributed by atoms with Crippen LogP contribution >= 0.6 is 0 Å². The number of carbonyl (C=O) groups is 2. The maximum atomic E-state index is 12.8. The molecule has 6 nitrogen and oxygen atoms in total. The zero-order valence-corrected chi connectivity index (χ0v) is 14.1. The summed E-state index contributed by atoms with van der Waals surface area (Å²) in [7, 11) is 0. The molecule has 1 aliphatic carbocycles. The topological polar surface area (TPSA) is 90.0 Å². The van der Waals surface area contributed by atoms with Gasteiger partial charge in [0.1, 0.15) is 0 Å². The molecule has 6 heteroatoms. The summed E-state index contributed by atoms with van der Waals surface area (Å²) < 4.78 is 1.85. The lowest BCUT2D eigenvalue weighted by atomic mass is 10.1. The number of rotatable bonds is 5. The van der Waals surface area contributed by atoms with Crippen molar-refractivity contribution < 1.29 is 9.59 Å². The van der Waals surface area contributed by atoms with Crippen LogP contribution in [-0.4, -0.2) is 21.6 Å². The minimum Gasteiger partial charge on any atom is -0.366 e. The van der Waals surface area contributed by atoms with Crippen molar-refractivity contribution in [2.45, 2.75) is 18.8 Å². The highest BCUT2D eigenvalue weighted by molar-refractivity contribution is 6.05. The molecule has 2 aromatic carbocycles. The number of carbonyl (C=O) groups excluding carboxylic acids is 2. The van der Waals surface area contributed by atoms with Crippen molar-refractivity contribution in [3.63, 3.8) is 0 Å². The Kier molecular flexibility index (Phi) is 4.01. The summed E-state index contributed by atoms with van der Waals surface area (Å²) in [5, 5.41) is 7.31. The quantitative estimate of drug-likeness (QED) is 0.744. The summed E-state index contributed by atoms with van der Waals surface area (Å²) in [5.74, 6) is -0.348. The molecule has 0 spiro atoms. The molecule has 1 saturated carbocycles. The van der Waals surface area contributed by atoms with E-state index in [4.69, 9.17) is 5.73 Å². The van der Waals surface area contributed by atoms with Gasteiger partial charge in [0.15, 0.2) is 0 Å². The Morgan fingerprint density at radius 1 is 1.04 bits per heavy atom. The van der Waals surface area contributed by atoms with Gasteiger partial charge in [0, 0.05) is 17.2 Å². The largest absolute Gasteiger partial charge is 0.366 e. The van der Waals surface area contributed by atoms with Crippen LogP contribution in [0.15, 0.2) is 60.8 Å². The van der Waals surface area contributed by atoms with Crippen molar-refractivity contribution in [1.82, 2.24) is 9.78 Å². The van der Waals surface area contributed by atoms with Crippen molar-refractivity contribution in [3.8, 4) is 5.69 Å². The lowest BCUT2D eigenvalue weighted by Crippen LogP contribution is -2.15. The molecule has 0 unspecified atom stereocenters. The van der Waals surface area contributed by atoms with Gasteiger partial charge in [-0.05, 0) is 49.2 Å². The van der Waals surface area contributed by atoms with Crippen molar-refractivity contribution in [3.05, 3.63) is 77.6 Å². The Hall–Kier alpha value is -3.41. The molecule has 1 aliphatic rings. The number of primary amides is 1. The molecular formula is C20H18N4O2. The zero-order chi connectivity index (χ0) is 18.1. The van der Waals surface area contributed by atoms with Crippen LogP contribution in [-0.2, 0) is 0 Å². The van der Waals surface area contributed by atoms with Crippen LogP contribution in [0.3, 0.4) is 0 Å². The van der Waals surface area contributed by atoms with E-state index in [1.165, 1.54) is 0 Å². The number of benzene rings is 2. The van der Waals surface area contributed by atoms with E-state index in [0.717, 1.165) is 24.2 Å². The van der Waals surface area contributed by atoms with E-state index in [0.29, 0.717) is 22.7 Å². The first kappa shape index (κ1) is 16.1. The maximum Gasteiger partial charge on any atom is 0.259 e. The summed E-state index contributed by atoms with van der Waals surface area (Å²) >= 11 is 0. The number of nitrogens with zero attached hydrogens (tertiary/aromatic N) is 2. The minimum atomic E-state index is -0.497. The lowest BCUT2D eigenvalue weighted by Gasteiger charge is -2.09.